The van der Waals surface area contributed by atoms with Gasteiger partial charge in [0.1, 0.15) is 0 Å². The van der Waals surface area contributed by atoms with Crippen LogP contribution in [0, 0.1) is 5.92 Å². The fourth-order valence-corrected chi connectivity index (χ4v) is 2.38. The predicted molar refractivity (Wildman–Crippen MR) is 71.4 cm³/mol. The smallest absolute Gasteiger partial charge is 0.410 e. The van der Waals surface area contributed by atoms with Crippen LogP contribution in [0.15, 0.2) is 0 Å². The molecule has 1 amide bonds. The van der Waals surface area contributed by atoms with Crippen LogP contribution in [0.3, 0.4) is 0 Å². The summed E-state index contributed by atoms with van der Waals surface area (Å²) < 4.78 is 5.32. The van der Waals surface area contributed by atoms with Gasteiger partial charge >= 0.3 is 6.09 Å². The molecule has 0 aliphatic carbocycles. The third-order valence-electron chi connectivity index (χ3n) is 3.26. The molecule has 0 spiro atoms. The number of carbonyl (C=O) groups is 1. The Balaban J connectivity index is 2.57. The number of aliphatic hydroxyl groups is 1. The molecule has 1 aliphatic rings. The number of hydrogen-bond acceptors (Lipinski definition) is 3. The molecule has 18 heavy (non-hydrogen) atoms. The van der Waals surface area contributed by atoms with Gasteiger partial charge in [-0.3, -0.25) is 0 Å². The van der Waals surface area contributed by atoms with Crippen molar-refractivity contribution in [1.29, 1.82) is 0 Å². The second kappa shape index (κ2) is 7.62. The Labute approximate surface area is 110 Å². The Bertz CT molecular complexity index is 253. The lowest BCUT2D eigenvalue weighted by Crippen LogP contribution is -2.42. The van der Waals surface area contributed by atoms with E-state index in [0.717, 1.165) is 32.2 Å². The number of carbonyl (C=O) groups excluding carboxylic acids is 1. The van der Waals surface area contributed by atoms with Gasteiger partial charge in [-0.15, -0.1) is 0 Å². The second-order valence-electron chi connectivity index (χ2n) is 5.75. The van der Waals surface area contributed by atoms with Gasteiger partial charge in [-0.1, -0.05) is 26.7 Å². The normalized spacial score (nSPS) is 22.7. The van der Waals surface area contributed by atoms with E-state index in [4.69, 9.17) is 4.74 Å². The van der Waals surface area contributed by atoms with Crippen molar-refractivity contribution >= 4 is 6.09 Å². The number of rotatable bonds is 4. The molecule has 1 heterocycles. The maximum atomic E-state index is 12.1. The number of hydrogen-bond donors (Lipinski definition) is 1. The van der Waals surface area contributed by atoms with Crippen LogP contribution in [0.2, 0.25) is 0 Å². The third-order valence-corrected chi connectivity index (χ3v) is 3.26. The lowest BCUT2D eigenvalue weighted by Gasteiger charge is -2.30. The van der Waals surface area contributed by atoms with Crippen LogP contribution in [0.1, 0.15) is 52.9 Å². The van der Waals surface area contributed by atoms with E-state index in [2.05, 4.69) is 0 Å². The van der Waals surface area contributed by atoms with Crippen molar-refractivity contribution in [3.63, 3.8) is 0 Å². The van der Waals surface area contributed by atoms with Gasteiger partial charge in [0.2, 0.25) is 0 Å². The highest BCUT2D eigenvalue weighted by atomic mass is 16.6. The van der Waals surface area contributed by atoms with Gasteiger partial charge in [-0.25, -0.2) is 4.79 Å². The van der Waals surface area contributed by atoms with Crippen LogP contribution >= 0.6 is 0 Å². The maximum absolute atomic E-state index is 12.1. The molecular formula is C14H27NO3. The van der Waals surface area contributed by atoms with E-state index in [1.54, 1.807) is 6.92 Å². The molecule has 0 aromatic carbocycles. The Kier molecular flexibility index (Phi) is 6.47. The molecule has 1 aliphatic heterocycles. The number of nitrogens with zero attached hydrogens (tertiary/aromatic N) is 1. The van der Waals surface area contributed by atoms with Gasteiger partial charge in [-0.05, 0) is 32.1 Å². The summed E-state index contributed by atoms with van der Waals surface area (Å²) in [7, 11) is 0. The van der Waals surface area contributed by atoms with Crippen molar-refractivity contribution in [2.24, 2.45) is 5.92 Å². The Morgan fingerprint density at radius 1 is 1.33 bits per heavy atom. The van der Waals surface area contributed by atoms with Crippen molar-refractivity contribution < 1.29 is 14.6 Å². The highest BCUT2D eigenvalue weighted by Crippen LogP contribution is 2.21. The zero-order valence-corrected chi connectivity index (χ0v) is 11.9. The molecule has 2 unspecified atom stereocenters. The lowest BCUT2D eigenvalue weighted by molar-refractivity contribution is 0.0639. The maximum Gasteiger partial charge on any atom is 0.410 e. The van der Waals surface area contributed by atoms with Crippen molar-refractivity contribution in [3.05, 3.63) is 0 Å². The van der Waals surface area contributed by atoms with Gasteiger partial charge in [0.15, 0.2) is 0 Å². The summed E-state index contributed by atoms with van der Waals surface area (Å²) in [4.78, 5) is 13.9. The van der Waals surface area contributed by atoms with E-state index in [1.165, 1.54) is 0 Å². The van der Waals surface area contributed by atoms with Gasteiger partial charge in [0.05, 0.1) is 12.7 Å². The van der Waals surface area contributed by atoms with Crippen molar-refractivity contribution in [2.45, 2.75) is 65.0 Å². The van der Waals surface area contributed by atoms with Crippen LogP contribution in [-0.4, -0.2) is 41.4 Å². The molecule has 1 rings (SSSR count). The minimum atomic E-state index is -0.367. The number of aliphatic hydroxyl groups excluding tert-OH is 1. The topological polar surface area (TPSA) is 49.8 Å². The van der Waals surface area contributed by atoms with Crippen LogP contribution in [-0.2, 0) is 4.74 Å². The molecule has 0 aromatic rings. The van der Waals surface area contributed by atoms with Crippen molar-refractivity contribution in [3.8, 4) is 0 Å². The molecule has 106 valence electrons. The first-order valence-corrected chi connectivity index (χ1v) is 7.12. The minimum Gasteiger partial charge on any atom is -0.449 e. The summed E-state index contributed by atoms with van der Waals surface area (Å²) in [6.45, 7) is 7.07. The summed E-state index contributed by atoms with van der Waals surface area (Å²) in [5.74, 6) is 0.358. The monoisotopic (exact) mass is 257 g/mol. The SMILES string of the molecule is CC(C)COC(=O)N1CCCCCC1CC(C)O. The van der Waals surface area contributed by atoms with Gasteiger partial charge in [0, 0.05) is 12.6 Å². The standard InChI is InChI=1S/C14H27NO3/c1-11(2)10-18-14(17)15-8-6-4-5-7-13(15)9-12(3)16/h11-13,16H,4-10H2,1-3H3. The molecule has 2 atom stereocenters. The Hall–Kier alpha value is -0.770. The first-order valence-electron chi connectivity index (χ1n) is 7.12. The van der Waals surface area contributed by atoms with Crippen molar-refractivity contribution in [2.75, 3.05) is 13.2 Å². The first-order chi connectivity index (χ1) is 8.50. The molecule has 1 fully saturated rings. The van der Waals surface area contributed by atoms with Crippen LogP contribution in [0.4, 0.5) is 4.79 Å². The highest BCUT2D eigenvalue weighted by molar-refractivity contribution is 5.68. The number of ether oxygens (including phenoxy) is 1. The molecule has 1 saturated heterocycles. The average molecular weight is 257 g/mol. The zero-order chi connectivity index (χ0) is 13.5. The average Bonchev–Trinajstić information content (AvgIpc) is 2.50. The number of likely N-dealkylation sites (tertiary alicyclic amines) is 1. The zero-order valence-electron chi connectivity index (χ0n) is 11.9. The van der Waals surface area contributed by atoms with E-state index in [0.29, 0.717) is 18.9 Å². The minimum absolute atomic E-state index is 0.132. The van der Waals surface area contributed by atoms with Gasteiger partial charge in [-0.2, -0.15) is 0 Å². The van der Waals surface area contributed by atoms with Gasteiger partial charge in [0.25, 0.3) is 0 Å². The highest BCUT2D eigenvalue weighted by Gasteiger charge is 2.27. The molecule has 0 aromatic heterocycles. The largest absolute Gasteiger partial charge is 0.449 e. The molecule has 1 N–H and O–H groups in total. The van der Waals surface area contributed by atoms with Crippen molar-refractivity contribution in [1.82, 2.24) is 4.90 Å². The predicted octanol–water partition coefficient (Wildman–Crippen LogP) is 2.79. The molecular weight excluding hydrogens is 230 g/mol. The summed E-state index contributed by atoms with van der Waals surface area (Å²) in [5, 5.41) is 9.54. The fraction of sp³-hybridized carbons (Fsp3) is 0.929. The van der Waals surface area contributed by atoms with Crippen LogP contribution in [0.25, 0.3) is 0 Å². The lowest BCUT2D eigenvalue weighted by atomic mass is 10.0. The van der Waals surface area contributed by atoms with Crippen LogP contribution < -0.4 is 0 Å². The summed E-state index contributed by atoms with van der Waals surface area (Å²) in [6, 6.07) is 0.132. The molecule has 4 heteroatoms. The Morgan fingerprint density at radius 2 is 2.06 bits per heavy atom. The molecule has 0 radical (unpaired) electrons. The summed E-state index contributed by atoms with van der Waals surface area (Å²) in [6.07, 6.45) is 4.37. The van der Waals surface area contributed by atoms with E-state index < -0.39 is 0 Å². The van der Waals surface area contributed by atoms with E-state index >= 15 is 0 Å². The summed E-state index contributed by atoms with van der Waals surface area (Å²) in [5.41, 5.74) is 0. The fourth-order valence-electron chi connectivity index (χ4n) is 2.38. The van der Waals surface area contributed by atoms with Gasteiger partial charge < -0.3 is 14.7 Å². The summed E-state index contributed by atoms with van der Waals surface area (Å²) >= 11 is 0. The van der Waals surface area contributed by atoms with E-state index in [-0.39, 0.29) is 18.2 Å². The molecule has 0 saturated carbocycles. The molecule has 4 nitrogen and oxygen atoms in total. The third kappa shape index (κ3) is 5.25. The van der Waals surface area contributed by atoms with Crippen LogP contribution in [0.5, 0.6) is 0 Å². The van der Waals surface area contributed by atoms with E-state index in [9.17, 15) is 9.90 Å². The van der Waals surface area contributed by atoms with E-state index in [1.807, 2.05) is 18.7 Å². The quantitative estimate of drug-likeness (QED) is 0.842. The Morgan fingerprint density at radius 3 is 2.67 bits per heavy atom. The second-order valence-corrected chi connectivity index (χ2v) is 5.75. The first kappa shape index (κ1) is 15.3. The molecule has 0 bridgehead atoms. The number of amides is 1.